The number of benzene rings is 2. The predicted octanol–water partition coefficient (Wildman–Crippen LogP) is 5.82. The van der Waals surface area contributed by atoms with E-state index >= 15 is 0 Å². The summed E-state index contributed by atoms with van der Waals surface area (Å²) in [6.45, 7) is 0.969. The maximum Gasteiger partial charge on any atom is 0.417 e. The lowest BCUT2D eigenvalue weighted by Gasteiger charge is -2.17. The van der Waals surface area contributed by atoms with Crippen LogP contribution in [-0.2, 0) is 6.18 Å². The smallest absolute Gasteiger partial charge is 0.399 e. The first-order chi connectivity index (χ1) is 12.3. The molecule has 0 fully saturated rings. The fraction of sp³-hybridized carbons (Fsp3) is 0.263. The maximum absolute atomic E-state index is 13.4. The van der Waals surface area contributed by atoms with Crippen LogP contribution in [0.15, 0.2) is 53.6 Å². The van der Waals surface area contributed by atoms with Gasteiger partial charge in [0.25, 0.3) is 0 Å². The Morgan fingerprint density at radius 2 is 1.92 bits per heavy atom. The van der Waals surface area contributed by atoms with Crippen LogP contribution < -0.4 is 11.1 Å². The number of nitrogens with two attached hydrogens (primary N) is 1. The van der Waals surface area contributed by atoms with E-state index in [0.29, 0.717) is 11.5 Å². The average Bonchev–Trinajstić information content (AvgIpc) is 2.60. The van der Waals surface area contributed by atoms with Gasteiger partial charge in [0.05, 0.1) is 10.6 Å². The molecule has 3 N–H and O–H groups in total. The Morgan fingerprint density at radius 1 is 1.19 bits per heavy atom. The van der Waals surface area contributed by atoms with Gasteiger partial charge in [-0.1, -0.05) is 29.8 Å². The molecule has 0 saturated carbocycles. The average molecular weight is 399 g/mol. The SMILES string of the molecule is Nc1cc(Cl)c(-c2ccc(SCC3C=CNCC3)cc2)c(C(F)(F)F)c1. The number of nitrogen functional groups attached to an aromatic ring is 1. The number of allylic oxidation sites excluding steroid dienone is 1. The minimum Gasteiger partial charge on any atom is -0.399 e. The molecule has 2 nitrogen and oxygen atoms in total. The van der Waals surface area contributed by atoms with Crippen molar-refractivity contribution in [3.63, 3.8) is 0 Å². The number of rotatable bonds is 4. The first kappa shape index (κ1) is 19.0. The third kappa shape index (κ3) is 4.48. The van der Waals surface area contributed by atoms with Crippen molar-refractivity contribution < 1.29 is 13.2 Å². The van der Waals surface area contributed by atoms with E-state index in [1.807, 2.05) is 18.3 Å². The molecule has 0 saturated heterocycles. The van der Waals surface area contributed by atoms with E-state index in [0.717, 1.165) is 29.7 Å². The van der Waals surface area contributed by atoms with Crippen molar-refractivity contribution in [2.75, 3.05) is 18.0 Å². The molecule has 0 bridgehead atoms. The summed E-state index contributed by atoms with van der Waals surface area (Å²) in [6.07, 6.45) is 0.676. The van der Waals surface area contributed by atoms with Gasteiger partial charge >= 0.3 is 6.18 Å². The monoisotopic (exact) mass is 398 g/mol. The summed E-state index contributed by atoms with van der Waals surface area (Å²) in [4.78, 5) is 1.01. The molecule has 0 aromatic heterocycles. The number of hydrogen-bond donors (Lipinski definition) is 2. The minimum absolute atomic E-state index is 0.00225. The highest BCUT2D eigenvalue weighted by atomic mass is 35.5. The predicted molar refractivity (Wildman–Crippen MR) is 102 cm³/mol. The lowest BCUT2D eigenvalue weighted by Crippen LogP contribution is -2.18. The Balaban J connectivity index is 1.82. The highest BCUT2D eigenvalue weighted by Crippen LogP contribution is 2.42. The van der Waals surface area contributed by atoms with Gasteiger partial charge in [0.15, 0.2) is 0 Å². The zero-order valence-electron chi connectivity index (χ0n) is 13.8. The molecule has 0 aliphatic carbocycles. The van der Waals surface area contributed by atoms with Crippen LogP contribution in [0.5, 0.6) is 0 Å². The van der Waals surface area contributed by atoms with Gasteiger partial charge in [-0.2, -0.15) is 13.2 Å². The van der Waals surface area contributed by atoms with Crippen LogP contribution >= 0.6 is 23.4 Å². The second-order valence-corrected chi connectivity index (χ2v) is 7.62. The number of halogens is 4. The zero-order chi connectivity index (χ0) is 18.7. The van der Waals surface area contributed by atoms with Gasteiger partial charge in [-0.25, -0.2) is 0 Å². The van der Waals surface area contributed by atoms with E-state index in [9.17, 15) is 13.2 Å². The molecule has 7 heteroatoms. The summed E-state index contributed by atoms with van der Waals surface area (Å²) in [7, 11) is 0. The van der Waals surface area contributed by atoms with Gasteiger partial charge in [0.1, 0.15) is 0 Å². The van der Waals surface area contributed by atoms with Crippen molar-refractivity contribution >= 4 is 29.1 Å². The summed E-state index contributed by atoms with van der Waals surface area (Å²) < 4.78 is 40.1. The third-order valence-corrected chi connectivity index (χ3v) is 5.67. The molecule has 1 aliphatic heterocycles. The minimum atomic E-state index is -4.52. The van der Waals surface area contributed by atoms with Crippen LogP contribution in [-0.4, -0.2) is 12.3 Å². The van der Waals surface area contributed by atoms with E-state index in [1.54, 1.807) is 23.9 Å². The molecule has 3 rings (SSSR count). The molecule has 0 spiro atoms. The fourth-order valence-corrected chi connectivity index (χ4v) is 4.21. The molecule has 0 radical (unpaired) electrons. The van der Waals surface area contributed by atoms with Crippen LogP contribution in [0.1, 0.15) is 12.0 Å². The molecule has 138 valence electrons. The Kier molecular flexibility index (Phi) is 5.73. The molecular weight excluding hydrogens is 381 g/mol. The molecular formula is C19H18ClF3N2S. The second-order valence-electron chi connectivity index (χ2n) is 6.12. The third-order valence-electron chi connectivity index (χ3n) is 4.17. The summed E-state index contributed by atoms with van der Waals surface area (Å²) in [5, 5.41) is 3.16. The van der Waals surface area contributed by atoms with Gasteiger partial charge in [-0.15, -0.1) is 11.8 Å². The molecule has 26 heavy (non-hydrogen) atoms. The molecule has 1 atom stereocenters. The first-order valence-electron chi connectivity index (χ1n) is 8.14. The standard InChI is InChI=1S/C19H18ClF3N2S/c20-17-10-14(24)9-16(19(21,22)23)18(17)13-1-3-15(4-2-13)26-11-12-5-7-25-8-6-12/h1-5,7,9-10,12,25H,6,8,11,24H2. The number of hydrogen-bond acceptors (Lipinski definition) is 3. The van der Waals surface area contributed by atoms with Crippen LogP contribution in [0.3, 0.4) is 0 Å². The van der Waals surface area contributed by atoms with E-state index in [2.05, 4.69) is 11.4 Å². The van der Waals surface area contributed by atoms with E-state index < -0.39 is 11.7 Å². The number of alkyl halides is 3. The van der Waals surface area contributed by atoms with Crippen LogP contribution in [0.25, 0.3) is 11.1 Å². The molecule has 2 aromatic carbocycles. The quantitative estimate of drug-likeness (QED) is 0.503. The zero-order valence-corrected chi connectivity index (χ0v) is 15.4. The topological polar surface area (TPSA) is 38.0 Å². The van der Waals surface area contributed by atoms with Gasteiger partial charge in [-0.05, 0) is 48.4 Å². The summed E-state index contributed by atoms with van der Waals surface area (Å²) in [5.74, 6) is 1.44. The normalized spacial score (nSPS) is 17.2. The van der Waals surface area contributed by atoms with Gasteiger partial charge in [-0.3, -0.25) is 0 Å². The molecule has 2 aromatic rings. The largest absolute Gasteiger partial charge is 0.417 e. The lowest BCUT2D eigenvalue weighted by atomic mass is 9.98. The number of nitrogens with one attached hydrogen (secondary N) is 1. The Hall–Kier alpha value is -1.79. The van der Waals surface area contributed by atoms with Gasteiger partial charge < -0.3 is 11.1 Å². The van der Waals surface area contributed by atoms with Crippen molar-refractivity contribution in [2.24, 2.45) is 5.92 Å². The van der Waals surface area contributed by atoms with Crippen LogP contribution in [0.2, 0.25) is 5.02 Å². The highest BCUT2D eigenvalue weighted by molar-refractivity contribution is 7.99. The van der Waals surface area contributed by atoms with Crippen LogP contribution in [0.4, 0.5) is 18.9 Å². The van der Waals surface area contributed by atoms with E-state index in [4.69, 9.17) is 17.3 Å². The Bertz CT molecular complexity index is 804. The summed E-state index contributed by atoms with van der Waals surface area (Å²) in [6, 6.07) is 9.28. The summed E-state index contributed by atoms with van der Waals surface area (Å²) >= 11 is 7.77. The Morgan fingerprint density at radius 3 is 2.54 bits per heavy atom. The van der Waals surface area contributed by atoms with Crippen molar-refractivity contribution in [3.8, 4) is 11.1 Å². The maximum atomic E-state index is 13.4. The van der Waals surface area contributed by atoms with Crippen LogP contribution in [0, 0.1) is 5.92 Å². The number of thioether (sulfide) groups is 1. The lowest BCUT2D eigenvalue weighted by molar-refractivity contribution is -0.137. The van der Waals surface area contributed by atoms with Crippen molar-refractivity contribution in [1.82, 2.24) is 5.32 Å². The van der Waals surface area contributed by atoms with Crippen molar-refractivity contribution in [2.45, 2.75) is 17.5 Å². The summed E-state index contributed by atoms with van der Waals surface area (Å²) in [5.41, 5.74) is 5.11. The molecule has 1 aliphatic rings. The Labute approximate surface area is 159 Å². The number of anilines is 1. The van der Waals surface area contributed by atoms with Gasteiger partial charge in [0.2, 0.25) is 0 Å². The van der Waals surface area contributed by atoms with Crippen molar-refractivity contribution in [3.05, 3.63) is 59.3 Å². The van der Waals surface area contributed by atoms with Gasteiger partial charge in [0, 0.05) is 28.4 Å². The fourth-order valence-electron chi connectivity index (χ4n) is 2.86. The molecule has 0 amide bonds. The molecule has 1 unspecified atom stereocenters. The van der Waals surface area contributed by atoms with E-state index in [1.165, 1.54) is 6.07 Å². The van der Waals surface area contributed by atoms with Crippen molar-refractivity contribution in [1.29, 1.82) is 0 Å². The first-order valence-corrected chi connectivity index (χ1v) is 9.50. The highest BCUT2D eigenvalue weighted by Gasteiger charge is 2.35. The molecule has 1 heterocycles. The van der Waals surface area contributed by atoms with E-state index in [-0.39, 0.29) is 16.3 Å². The second kappa shape index (κ2) is 7.84.